The van der Waals surface area contributed by atoms with E-state index in [0.717, 1.165) is 42.1 Å². The summed E-state index contributed by atoms with van der Waals surface area (Å²) >= 11 is 1.67. The molecule has 132 valence electrons. The van der Waals surface area contributed by atoms with Crippen molar-refractivity contribution >= 4 is 24.2 Å². The maximum absolute atomic E-state index is 13.2. The maximum Gasteiger partial charge on any atom is 0.195 e. The van der Waals surface area contributed by atoms with Crippen molar-refractivity contribution < 1.29 is 9.13 Å². The van der Waals surface area contributed by atoms with E-state index in [2.05, 4.69) is 10.2 Å². The van der Waals surface area contributed by atoms with Gasteiger partial charge in [-0.3, -0.25) is 4.57 Å². The van der Waals surface area contributed by atoms with Gasteiger partial charge in [-0.1, -0.05) is 11.8 Å². The Hall–Kier alpha value is -1.15. The van der Waals surface area contributed by atoms with E-state index in [4.69, 9.17) is 10.5 Å². The van der Waals surface area contributed by atoms with E-state index in [9.17, 15) is 4.39 Å². The van der Waals surface area contributed by atoms with Crippen LogP contribution in [0.4, 0.5) is 4.39 Å². The lowest BCUT2D eigenvalue weighted by Crippen LogP contribution is -2.19. The summed E-state index contributed by atoms with van der Waals surface area (Å²) in [5.41, 5.74) is 6.53. The zero-order chi connectivity index (χ0) is 16.1. The number of nitrogens with zero attached hydrogens (tertiary/aromatic N) is 3. The predicted octanol–water partition coefficient (Wildman–Crippen LogP) is 2.85. The lowest BCUT2D eigenvalue weighted by Gasteiger charge is -2.21. The normalized spacial score (nSPS) is 17.5. The van der Waals surface area contributed by atoms with E-state index < -0.39 is 0 Å². The minimum absolute atomic E-state index is 0. The second kappa shape index (κ2) is 9.36. The molecule has 1 unspecified atom stereocenters. The van der Waals surface area contributed by atoms with Crippen molar-refractivity contribution in [3.8, 4) is 5.69 Å². The van der Waals surface area contributed by atoms with Gasteiger partial charge in [0.1, 0.15) is 11.6 Å². The highest BCUT2D eigenvalue weighted by atomic mass is 35.5. The summed E-state index contributed by atoms with van der Waals surface area (Å²) in [7, 11) is 0. The fourth-order valence-electron chi connectivity index (χ4n) is 2.67. The van der Waals surface area contributed by atoms with Crippen LogP contribution in [0.15, 0.2) is 29.4 Å². The van der Waals surface area contributed by atoms with Crippen LogP contribution in [0.1, 0.15) is 18.7 Å². The Morgan fingerprint density at radius 1 is 1.29 bits per heavy atom. The van der Waals surface area contributed by atoms with Gasteiger partial charge in [0, 0.05) is 24.5 Å². The molecule has 0 aliphatic carbocycles. The van der Waals surface area contributed by atoms with E-state index in [1.165, 1.54) is 18.6 Å². The predicted molar refractivity (Wildman–Crippen MR) is 95.6 cm³/mol. The average molecular weight is 373 g/mol. The second-order valence-electron chi connectivity index (χ2n) is 5.64. The van der Waals surface area contributed by atoms with Crippen LogP contribution < -0.4 is 5.73 Å². The van der Waals surface area contributed by atoms with Crippen LogP contribution in [0.25, 0.3) is 5.69 Å². The largest absolute Gasteiger partial charge is 0.381 e. The van der Waals surface area contributed by atoms with Gasteiger partial charge in [0.05, 0.1) is 6.61 Å². The zero-order valence-electron chi connectivity index (χ0n) is 13.4. The van der Waals surface area contributed by atoms with Gasteiger partial charge >= 0.3 is 0 Å². The highest BCUT2D eigenvalue weighted by Crippen LogP contribution is 2.27. The molecule has 2 heterocycles. The Balaban J connectivity index is 0.00000208. The Bertz CT molecular complexity index is 632. The topological polar surface area (TPSA) is 66.0 Å². The van der Waals surface area contributed by atoms with Gasteiger partial charge in [0.25, 0.3) is 0 Å². The van der Waals surface area contributed by atoms with Crippen LogP contribution in [-0.2, 0) is 11.2 Å². The van der Waals surface area contributed by atoms with Gasteiger partial charge in [-0.15, -0.1) is 22.6 Å². The van der Waals surface area contributed by atoms with Crippen LogP contribution in [-0.4, -0.2) is 40.3 Å². The van der Waals surface area contributed by atoms with Gasteiger partial charge in [-0.05, 0) is 49.6 Å². The van der Waals surface area contributed by atoms with E-state index in [1.54, 1.807) is 23.9 Å². The molecule has 0 saturated carbocycles. The minimum Gasteiger partial charge on any atom is -0.381 e. The summed E-state index contributed by atoms with van der Waals surface area (Å²) in [4.78, 5) is 0. The number of hydrogen-bond acceptors (Lipinski definition) is 5. The number of benzene rings is 1. The van der Waals surface area contributed by atoms with E-state index >= 15 is 0 Å². The molecule has 1 saturated heterocycles. The summed E-state index contributed by atoms with van der Waals surface area (Å²) in [6.45, 7) is 2.18. The highest BCUT2D eigenvalue weighted by molar-refractivity contribution is 7.99. The molecular formula is C16H22ClFN4OS. The molecule has 2 aromatic rings. The van der Waals surface area contributed by atoms with Crippen molar-refractivity contribution in [1.82, 2.24) is 14.8 Å². The van der Waals surface area contributed by atoms with Crippen molar-refractivity contribution in [1.29, 1.82) is 0 Å². The smallest absolute Gasteiger partial charge is 0.195 e. The van der Waals surface area contributed by atoms with Crippen LogP contribution in [0, 0.1) is 11.7 Å². The molecule has 2 N–H and O–H groups in total. The fraction of sp³-hybridized carbons (Fsp3) is 0.500. The first-order chi connectivity index (χ1) is 11.3. The molecule has 1 aromatic carbocycles. The van der Waals surface area contributed by atoms with Crippen molar-refractivity contribution in [2.45, 2.75) is 24.4 Å². The molecule has 24 heavy (non-hydrogen) atoms. The van der Waals surface area contributed by atoms with Crippen molar-refractivity contribution in [3.63, 3.8) is 0 Å². The third-order valence-electron chi connectivity index (χ3n) is 3.86. The van der Waals surface area contributed by atoms with E-state index in [1.807, 2.05) is 4.57 Å². The Morgan fingerprint density at radius 2 is 2.08 bits per heavy atom. The Morgan fingerprint density at radius 3 is 2.75 bits per heavy atom. The molecule has 0 amide bonds. The zero-order valence-corrected chi connectivity index (χ0v) is 15.0. The second-order valence-corrected chi connectivity index (χ2v) is 6.63. The molecule has 5 nitrogen and oxygen atoms in total. The number of aromatic nitrogens is 3. The molecule has 3 rings (SSSR count). The first kappa shape index (κ1) is 19.2. The van der Waals surface area contributed by atoms with Crippen molar-refractivity contribution in [2.75, 3.05) is 25.5 Å². The number of ether oxygens (including phenoxy) is 1. The van der Waals surface area contributed by atoms with E-state index in [-0.39, 0.29) is 18.2 Å². The third kappa shape index (κ3) is 4.69. The van der Waals surface area contributed by atoms with Crippen LogP contribution >= 0.6 is 24.2 Å². The van der Waals surface area contributed by atoms with Gasteiger partial charge in [-0.25, -0.2) is 4.39 Å². The number of rotatable bonds is 6. The molecule has 1 aromatic heterocycles. The standard InChI is InChI=1S/C16H21FN4OS.ClH/c17-13-3-5-14(6-4-13)21-15(7-8-18)19-20-16(21)23-11-12-2-1-9-22-10-12;/h3-6,12H,1-2,7-11,18H2;1H. The summed E-state index contributed by atoms with van der Waals surface area (Å²) in [6, 6.07) is 6.38. The average Bonchev–Trinajstić information content (AvgIpc) is 2.98. The summed E-state index contributed by atoms with van der Waals surface area (Å²) in [5.74, 6) is 2.05. The fourth-order valence-corrected chi connectivity index (χ4v) is 3.75. The monoisotopic (exact) mass is 372 g/mol. The highest BCUT2D eigenvalue weighted by Gasteiger charge is 2.18. The Labute approximate surface area is 151 Å². The molecular weight excluding hydrogens is 351 g/mol. The summed E-state index contributed by atoms with van der Waals surface area (Å²) in [5, 5.41) is 9.38. The third-order valence-corrected chi connectivity index (χ3v) is 5.02. The molecule has 1 fully saturated rings. The van der Waals surface area contributed by atoms with Crippen LogP contribution in [0.3, 0.4) is 0 Å². The maximum atomic E-state index is 13.2. The van der Waals surface area contributed by atoms with E-state index in [0.29, 0.717) is 18.9 Å². The first-order valence-electron chi connectivity index (χ1n) is 7.89. The number of thioether (sulfide) groups is 1. The number of halogens is 2. The molecule has 1 aliphatic rings. The molecule has 1 aliphatic heterocycles. The number of hydrogen-bond donors (Lipinski definition) is 1. The molecule has 0 spiro atoms. The summed E-state index contributed by atoms with van der Waals surface area (Å²) in [6.07, 6.45) is 2.94. The molecule has 8 heteroatoms. The lowest BCUT2D eigenvalue weighted by molar-refractivity contribution is 0.0632. The number of nitrogens with two attached hydrogens (primary N) is 1. The van der Waals surface area contributed by atoms with Gasteiger partial charge < -0.3 is 10.5 Å². The van der Waals surface area contributed by atoms with Crippen molar-refractivity contribution in [3.05, 3.63) is 35.9 Å². The van der Waals surface area contributed by atoms with Crippen LogP contribution in [0.2, 0.25) is 0 Å². The van der Waals surface area contributed by atoms with Gasteiger partial charge in [0.15, 0.2) is 5.16 Å². The SMILES string of the molecule is Cl.NCCc1nnc(SCC2CCCOC2)n1-c1ccc(F)cc1. The lowest BCUT2D eigenvalue weighted by atomic mass is 10.1. The first-order valence-corrected chi connectivity index (χ1v) is 8.87. The summed E-state index contributed by atoms with van der Waals surface area (Å²) < 4.78 is 20.7. The van der Waals surface area contributed by atoms with Gasteiger partial charge in [0.2, 0.25) is 0 Å². The minimum atomic E-state index is -0.254. The van der Waals surface area contributed by atoms with Gasteiger partial charge in [-0.2, -0.15) is 0 Å². The molecule has 0 radical (unpaired) electrons. The molecule has 1 atom stereocenters. The van der Waals surface area contributed by atoms with Crippen molar-refractivity contribution in [2.24, 2.45) is 11.7 Å². The molecule has 0 bridgehead atoms. The van der Waals surface area contributed by atoms with Crippen LogP contribution in [0.5, 0.6) is 0 Å². The quantitative estimate of drug-likeness (QED) is 0.790. The Kier molecular flexibility index (Phi) is 7.48.